The van der Waals surface area contributed by atoms with E-state index in [2.05, 4.69) is 9.97 Å². The van der Waals surface area contributed by atoms with Crippen LogP contribution in [0.15, 0.2) is 18.5 Å². The van der Waals surface area contributed by atoms with Crippen LogP contribution in [0.3, 0.4) is 0 Å². The van der Waals surface area contributed by atoms with Gasteiger partial charge in [-0.25, -0.2) is 9.78 Å². The van der Waals surface area contributed by atoms with E-state index in [1.807, 2.05) is 0 Å². The van der Waals surface area contributed by atoms with E-state index >= 15 is 0 Å². The fourth-order valence-corrected chi connectivity index (χ4v) is 3.17. The van der Waals surface area contributed by atoms with E-state index in [4.69, 9.17) is 9.47 Å². The second-order valence-corrected chi connectivity index (χ2v) is 5.95. The Morgan fingerprint density at radius 1 is 1.31 bits per heavy atom. The average molecular weight is 361 g/mol. The Labute approximate surface area is 149 Å². The number of aromatic carboxylic acids is 1. The van der Waals surface area contributed by atoms with Crippen LogP contribution in [0.25, 0.3) is 0 Å². The van der Waals surface area contributed by atoms with Gasteiger partial charge in [0.15, 0.2) is 0 Å². The van der Waals surface area contributed by atoms with Gasteiger partial charge in [-0.2, -0.15) is 0 Å². The van der Waals surface area contributed by atoms with E-state index in [1.165, 1.54) is 26.6 Å². The molecule has 1 aromatic heterocycles. The number of aromatic amines is 1. The molecule has 0 amide bonds. The molecule has 1 atom stereocenters. The highest BCUT2D eigenvalue weighted by Gasteiger charge is 2.34. The summed E-state index contributed by atoms with van der Waals surface area (Å²) in [4.78, 5) is 32.3. The maximum Gasteiger partial charge on any atom is 0.336 e. The van der Waals surface area contributed by atoms with Gasteiger partial charge in [0.1, 0.15) is 17.5 Å². The molecule has 3 rings (SSSR count). The molecule has 1 aliphatic heterocycles. The number of carbonyl (C=O) groups is 2. The van der Waals surface area contributed by atoms with Crippen LogP contribution in [0.4, 0.5) is 0 Å². The molecule has 1 aromatic carbocycles. The van der Waals surface area contributed by atoms with Crippen molar-refractivity contribution in [2.24, 2.45) is 0 Å². The summed E-state index contributed by atoms with van der Waals surface area (Å²) < 4.78 is 10.5. The van der Waals surface area contributed by atoms with Gasteiger partial charge in [0.25, 0.3) is 0 Å². The number of nitrogens with one attached hydrogen (secondary N) is 1. The van der Waals surface area contributed by atoms with Crippen molar-refractivity contribution in [1.82, 2.24) is 14.9 Å². The Hall–Kier alpha value is -3.07. The number of carboxylic acids is 2. The molecule has 0 saturated heterocycles. The number of hydrogen-bond acceptors (Lipinski definition) is 6. The molecule has 2 aromatic rings. The second-order valence-electron chi connectivity index (χ2n) is 5.95. The Morgan fingerprint density at radius 2 is 2.08 bits per heavy atom. The first-order valence-electron chi connectivity index (χ1n) is 7.90. The quantitative estimate of drug-likeness (QED) is 0.699. The number of ether oxygens (including phenoxy) is 2. The fourth-order valence-electron chi connectivity index (χ4n) is 3.17. The zero-order chi connectivity index (χ0) is 18.8. The number of aromatic nitrogens is 2. The lowest BCUT2D eigenvalue weighted by Gasteiger charge is -2.33. The van der Waals surface area contributed by atoms with E-state index in [-0.39, 0.29) is 18.5 Å². The van der Waals surface area contributed by atoms with Crippen molar-refractivity contribution < 1.29 is 29.3 Å². The molecule has 2 heterocycles. The highest BCUT2D eigenvalue weighted by Crippen LogP contribution is 2.32. The number of methoxy groups -OCH3 is 2. The summed E-state index contributed by atoms with van der Waals surface area (Å²) in [5, 5.41) is 19.2. The van der Waals surface area contributed by atoms with E-state index in [9.17, 15) is 19.8 Å². The Morgan fingerprint density at radius 3 is 2.69 bits per heavy atom. The molecule has 1 aliphatic rings. The van der Waals surface area contributed by atoms with Gasteiger partial charge in [0, 0.05) is 31.1 Å². The van der Waals surface area contributed by atoms with E-state index in [0.717, 1.165) is 5.69 Å². The summed E-state index contributed by atoms with van der Waals surface area (Å²) >= 11 is 0. The first-order chi connectivity index (χ1) is 12.4. The number of rotatable bonds is 6. The third-order valence-corrected chi connectivity index (χ3v) is 4.51. The molecule has 0 fully saturated rings. The van der Waals surface area contributed by atoms with Gasteiger partial charge >= 0.3 is 11.9 Å². The number of hydrogen-bond donors (Lipinski definition) is 3. The predicted molar refractivity (Wildman–Crippen MR) is 89.5 cm³/mol. The zero-order valence-electron chi connectivity index (χ0n) is 14.4. The second kappa shape index (κ2) is 7.04. The molecule has 0 aliphatic carbocycles. The number of imidazole rings is 1. The van der Waals surface area contributed by atoms with Crippen molar-refractivity contribution in [3.05, 3.63) is 41.0 Å². The minimum absolute atomic E-state index is 0.0146. The fraction of sp³-hybridized carbons (Fsp3) is 0.353. The van der Waals surface area contributed by atoms with Gasteiger partial charge in [-0.1, -0.05) is 0 Å². The summed E-state index contributed by atoms with van der Waals surface area (Å²) in [5.74, 6) is -1.43. The Bertz CT molecular complexity index is 847. The van der Waals surface area contributed by atoms with Crippen LogP contribution >= 0.6 is 0 Å². The first-order valence-corrected chi connectivity index (χ1v) is 7.90. The minimum atomic E-state index is -1.14. The summed E-state index contributed by atoms with van der Waals surface area (Å²) in [6.07, 6.45) is 1.78. The molecule has 0 saturated carbocycles. The van der Waals surface area contributed by atoms with Crippen LogP contribution in [-0.4, -0.2) is 57.3 Å². The molecule has 0 radical (unpaired) electrons. The van der Waals surface area contributed by atoms with Gasteiger partial charge in [-0.15, -0.1) is 0 Å². The van der Waals surface area contributed by atoms with E-state index < -0.39 is 18.0 Å². The summed E-state index contributed by atoms with van der Waals surface area (Å²) in [5.41, 5.74) is 1.96. The number of H-pyrrole nitrogens is 1. The zero-order valence-corrected chi connectivity index (χ0v) is 14.4. The molecule has 9 heteroatoms. The number of carboxylic acid groups (broad SMARTS) is 2. The van der Waals surface area contributed by atoms with Crippen molar-refractivity contribution in [3.8, 4) is 11.5 Å². The van der Waals surface area contributed by atoms with Crippen molar-refractivity contribution in [1.29, 1.82) is 0 Å². The Kier molecular flexibility index (Phi) is 4.81. The SMILES string of the molecule is COc1cc(OC)c(CN2Cc3[nH]cnc3CC2C(=O)O)c(C(=O)O)c1. The molecule has 1 unspecified atom stereocenters. The highest BCUT2D eigenvalue weighted by molar-refractivity contribution is 5.91. The lowest BCUT2D eigenvalue weighted by atomic mass is 9.99. The number of benzene rings is 1. The van der Waals surface area contributed by atoms with Crippen LogP contribution in [0.1, 0.15) is 27.3 Å². The largest absolute Gasteiger partial charge is 0.497 e. The smallest absolute Gasteiger partial charge is 0.336 e. The molecule has 3 N–H and O–H groups in total. The van der Waals surface area contributed by atoms with Gasteiger partial charge in [-0.05, 0) is 6.07 Å². The maximum atomic E-state index is 11.7. The summed E-state index contributed by atoms with van der Waals surface area (Å²) in [6.45, 7) is 0.421. The first kappa shape index (κ1) is 17.7. The van der Waals surface area contributed by atoms with Crippen LogP contribution in [-0.2, 0) is 24.3 Å². The molecular formula is C17H19N3O6. The predicted octanol–water partition coefficient (Wildman–Crippen LogP) is 1.14. The standard InChI is InChI=1S/C17H19N3O6/c1-25-9-3-10(16(21)22)11(15(4-9)26-2)6-20-7-13-12(18-8-19-13)5-14(20)17(23)24/h3-4,8,14H,5-7H2,1-2H3,(H,18,19)(H,21,22)(H,23,24). The molecule has 9 nitrogen and oxygen atoms in total. The monoisotopic (exact) mass is 361 g/mol. The highest BCUT2D eigenvalue weighted by atomic mass is 16.5. The normalized spacial score (nSPS) is 16.8. The van der Waals surface area contributed by atoms with E-state index in [1.54, 1.807) is 11.0 Å². The molecule has 0 bridgehead atoms. The molecule has 26 heavy (non-hydrogen) atoms. The number of aliphatic carboxylic acids is 1. The van der Waals surface area contributed by atoms with Crippen LogP contribution in [0, 0.1) is 0 Å². The van der Waals surface area contributed by atoms with Crippen LogP contribution in [0.5, 0.6) is 11.5 Å². The van der Waals surface area contributed by atoms with Crippen molar-refractivity contribution in [2.45, 2.75) is 25.6 Å². The molecule has 138 valence electrons. The lowest BCUT2D eigenvalue weighted by Crippen LogP contribution is -2.45. The van der Waals surface area contributed by atoms with Gasteiger partial charge in [0.05, 0.1) is 37.5 Å². The summed E-state index contributed by atoms with van der Waals surface area (Å²) in [6, 6.07) is 2.18. The summed E-state index contributed by atoms with van der Waals surface area (Å²) in [7, 11) is 2.87. The third-order valence-electron chi connectivity index (χ3n) is 4.51. The van der Waals surface area contributed by atoms with Gasteiger partial charge in [0.2, 0.25) is 0 Å². The number of nitrogens with zero attached hydrogens (tertiary/aromatic N) is 2. The number of fused-ring (bicyclic) bond motifs is 1. The topological polar surface area (TPSA) is 125 Å². The molecular weight excluding hydrogens is 342 g/mol. The lowest BCUT2D eigenvalue weighted by molar-refractivity contribution is -0.144. The van der Waals surface area contributed by atoms with E-state index in [0.29, 0.717) is 29.3 Å². The third kappa shape index (κ3) is 3.21. The maximum absolute atomic E-state index is 11.7. The van der Waals surface area contributed by atoms with Gasteiger partial charge < -0.3 is 24.7 Å². The average Bonchev–Trinajstić information content (AvgIpc) is 3.08. The minimum Gasteiger partial charge on any atom is -0.497 e. The Balaban J connectivity index is 2.01. The van der Waals surface area contributed by atoms with Crippen molar-refractivity contribution in [2.75, 3.05) is 14.2 Å². The van der Waals surface area contributed by atoms with Crippen molar-refractivity contribution in [3.63, 3.8) is 0 Å². The van der Waals surface area contributed by atoms with Crippen LogP contribution < -0.4 is 9.47 Å². The van der Waals surface area contributed by atoms with Crippen molar-refractivity contribution >= 4 is 11.9 Å². The molecule has 0 spiro atoms. The van der Waals surface area contributed by atoms with Gasteiger partial charge in [-0.3, -0.25) is 9.69 Å². The van der Waals surface area contributed by atoms with Crippen LogP contribution in [0.2, 0.25) is 0 Å².